The van der Waals surface area contributed by atoms with Gasteiger partial charge in [0, 0.05) is 25.3 Å². The number of carboxylic acid groups (broad SMARTS) is 1. The van der Waals surface area contributed by atoms with E-state index in [1.165, 1.54) is 25.1 Å². The highest BCUT2D eigenvalue weighted by atomic mass is 19.4. The quantitative estimate of drug-likeness (QED) is 0.527. The molecule has 1 N–H and O–H groups in total. The molecule has 0 amide bonds. The van der Waals surface area contributed by atoms with Gasteiger partial charge in [0.2, 0.25) is 5.82 Å². The summed E-state index contributed by atoms with van der Waals surface area (Å²) < 4.78 is 87.8. The zero-order valence-electron chi connectivity index (χ0n) is 17.8. The second-order valence-corrected chi connectivity index (χ2v) is 7.87. The van der Waals surface area contributed by atoms with E-state index >= 15 is 0 Å². The highest BCUT2D eigenvalue weighted by molar-refractivity contribution is 6.03. The van der Waals surface area contributed by atoms with Crippen molar-refractivity contribution in [3.63, 3.8) is 0 Å². The monoisotopic (exact) mass is 487 g/mol. The number of hydrogen-bond donors (Lipinski definition) is 1. The summed E-state index contributed by atoms with van der Waals surface area (Å²) in [5.74, 6) is -2.85. The van der Waals surface area contributed by atoms with E-state index in [0.717, 1.165) is 16.7 Å². The lowest BCUT2D eigenvalue weighted by molar-refractivity contribution is -0.146. The van der Waals surface area contributed by atoms with Crippen LogP contribution in [0.4, 0.5) is 32.0 Å². The number of imidazole rings is 1. The van der Waals surface area contributed by atoms with Crippen molar-refractivity contribution in [2.45, 2.75) is 25.8 Å². The van der Waals surface area contributed by atoms with Gasteiger partial charge >= 0.3 is 18.3 Å². The third-order valence-electron chi connectivity index (χ3n) is 5.78. The highest BCUT2D eigenvalue weighted by Gasteiger charge is 2.39. The topological polar surface area (TPSA) is 67.6 Å². The first kappa shape index (κ1) is 23.9. The van der Waals surface area contributed by atoms with Gasteiger partial charge in [-0.15, -0.1) is 0 Å². The van der Waals surface area contributed by atoms with Crippen LogP contribution in [-0.4, -0.2) is 46.9 Å². The average molecular weight is 487 g/mol. The van der Waals surface area contributed by atoms with Crippen LogP contribution in [0.25, 0.3) is 11.0 Å². The van der Waals surface area contributed by atoms with Crippen molar-refractivity contribution >= 4 is 22.7 Å². The molecule has 1 aliphatic heterocycles. The van der Waals surface area contributed by atoms with Crippen LogP contribution < -0.4 is 4.90 Å². The molecular weight excluding hydrogens is 468 g/mol. The van der Waals surface area contributed by atoms with E-state index in [1.807, 2.05) is 0 Å². The van der Waals surface area contributed by atoms with Crippen LogP contribution >= 0.6 is 0 Å². The second kappa shape index (κ2) is 8.49. The molecule has 1 saturated heterocycles. The van der Waals surface area contributed by atoms with Crippen molar-refractivity contribution in [1.82, 2.24) is 9.55 Å². The molecule has 182 valence electrons. The predicted octanol–water partition coefficient (Wildman–Crippen LogP) is 4.97. The highest BCUT2D eigenvalue weighted by Crippen LogP contribution is 2.37. The van der Waals surface area contributed by atoms with Crippen LogP contribution in [0.15, 0.2) is 30.3 Å². The van der Waals surface area contributed by atoms with Crippen molar-refractivity contribution in [2.24, 2.45) is 0 Å². The number of carboxylic acids is 1. The summed E-state index contributed by atoms with van der Waals surface area (Å²) in [5.41, 5.74) is -1.75. The zero-order valence-corrected chi connectivity index (χ0v) is 17.8. The SMILES string of the molecule is Cc1c(Cn2c(C(F)(F)F)nc3c(C(=O)O)cc(N4CCOCC4)cc32)cccc1C(F)(F)F. The van der Waals surface area contributed by atoms with E-state index in [-0.39, 0.29) is 22.2 Å². The number of alkyl halides is 6. The Bertz CT molecular complexity index is 1240. The van der Waals surface area contributed by atoms with Gasteiger partial charge in [-0.3, -0.25) is 0 Å². The molecule has 0 unspecified atom stereocenters. The molecule has 0 spiro atoms. The predicted molar refractivity (Wildman–Crippen MR) is 110 cm³/mol. The number of aromatic carboxylic acids is 1. The minimum absolute atomic E-state index is 0.00766. The number of hydrogen-bond acceptors (Lipinski definition) is 4. The van der Waals surface area contributed by atoms with Gasteiger partial charge in [0.1, 0.15) is 5.52 Å². The van der Waals surface area contributed by atoms with E-state index < -0.39 is 41.8 Å². The van der Waals surface area contributed by atoms with Gasteiger partial charge in [-0.2, -0.15) is 26.3 Å². The van der Waals surface area contributed by atoms with Crippen LogP contribution in [0.5, 0.6) is 0 Å². The first-order valence-corrected chi connectivity index (χ1v) is 10.2. The van der Waals surface area contributed by atoms with Gasteiger partial charge in [-0.25, -0.2) is 9.78 Å². The minimum Gasteiger partial charge on any atom is -0.478 e. The number of ether oxygens (including phenoxy) is 1. The van der Waals surface area contributed by atoms with Crippen molar-refractivity contribution in [3.05, 3.63) is 58.4 Å². The van der Waals surface area contributed by atoms with Gasteiger partial charge in [-0.1, -0.05) is 12.1 Å². The lowest BCUT2D eigenvalue weighted by Crippen LogP contribution is -2.36. The molecule has 34 heavy (non-hydrogen) atoms. The van der Waals surface area contributed by atoms with Crippen LogP contribution in [0, 0.1) is 6.92 Å². The number of benzene rings is 2. The molecule has 2 heterocycles. The molecule has 0 radical (unpaired) electrons. The maximum atomic E-state index is 13.9. The second-order valence-electron chi connectivity index (χ2n) is 7.87. The Hall–Kier alpha value is -3.28. The third-order valence-corrected chi connectivity index (χ3v) is 5.78. The first-order valence-electron chi connectivity index (χ1n) is 10.2. The number of fused-ring (bicyclic) bond motifs is 1. The van der Waals surface area contributed by atoms with Crippen molar-refractivity contribution < 1.29 is 41.0 Å². The number of halogens is 6. The molecule has 0 aliphatic carbocycles. The van der Waals surface area contributed by atoms with Crippen LogP contribution in [0.2, 0.25) is 0 Å². The Kier molecular flexibility index (Phi) is 5.96. The van der Waals surface area contributed by atoms with E-state index in [2.05, 4.69) is 4.98 Å². The Morgan fingerprint density at radius 2 is 1.76 bits per heavy atom. The van der Waals surface area contributed by atoms with Crippen LogP contribution in [-0.2, 0) is 23.6 Å². The summed E-state index contributed by atoms with van der Waals surface area (Å²) >= 11 is 0. The number of carbonyl (C=O) groups is 1. The molecule has 12 heteroatoms. The molecule has 1 aliphatic rings. The maximum Gasteiger partial charge on any atom is 0.449 e. The lowest BCUT2D eigenvalue weighted by Gasteiger charge is -2.29. The lowest BCUT2D eigenvalue weighted by atomic mass is 10.0. The molecule has 0 atom stereocenters. The summed E-state index contributed by atoms with van der Waals surface area (Å²) in [6, 6.07) is 5.93. The molecule has 0 saturated carbocycles. The molecular formula is C22H19F6N3O3. The van der Waals surface area contributed by atoms with Crippen LogP contribution in [0.1, 0.15) is 32.9 Å². The summed E-state index contributed by atoms with van der Waals surface area (Å²) in [5, 5.41) is 9.67. The van der Waals surface area contributed by atoms with Crippen molar-refractivity contribution in [1.29, 1.82) is 0 Å². The first-order chi connectivity index (χ1) is 15.9. The van der Waals surface area contributed by atoms with E-state index in [1.54, 1.807) is 4.90 Å². The smallest absolute Gasteiger partial charge is 0.449 e. The molecule has 0 bridgehead atoms. The molecule has 2 aromatic carbocycles. The Labute approximate surface area is 189 Å². The fourth-order valence-corrected chi connectivity index (χ4v) is 4.08. The van der Waals surface area contributed by atoms with Crippen molar-refractivity contribution in [2.75, 3.05) is 31.2 Å². The Morgan fingerprint density at radius 1 is 1.09 bits per heavy atom. The summed E-state index contributed by atoms with van der Waals surface area (Å²) in [7, 11) is 0. The maximum absolute atomic E-state index is 13.9. The van der Waals surface area contributed by atoms with Gasteiger partial charge in [-0.05, 0) is 36.2 Å². The number of rotatable bonds is 4. The van der Waals surface area contributed by atoms with E-state index in [0.29, 0.717) is 32.0 Å². The van der Waals surface area contributed by atoms with Gasteiger partial charge in [0.25, 0.3) is 0 Å². The molecule has 4 rings (SSSR count). The Morgan fingerprint density at radius 3 is 2.35 bits per heavy atom. The number of aromatic nitrogens is 2. The number of nitrogens with zero attached hydrogens (tertiary/aromatic N) is 3. The minimum atomic E-state index is -4.97. The zero-order chi connectivity index (χ0) is 24.8. The molecule has 1 aromatic heterocycles. The summed E-state index contributed by atoms with van der Waals surface area (Å²) in [6.45, 7) is 2.13. The van der Waals surface area contributed by atoms with Crippen LogP contribution in [0.3, 0.4) is 0 Å². The normalized spacial score (nSPS) is 15.2. The van der Waals surface area contributed by atoms with Gasteiger partial charge in [0.05, 0.1) is 29.9 Å². The molecule has 1 fully saturated rings. The fourth-order valence-electron chi connectivity index (χ4n) is 4.08. The largest absolute Gasteiger partial charge is 0.478 e. The van der Waals surface area contributed by atoms with Gasteiger partial charge < -0.3 is 19.3 Å². The standard InChI is InChI=1S/C22H19F6N3O3/c1-12-13(3-2-4-16(12)21(23,24)25)11-31-17-10-14(30-5-7-34-8-6-30)9-15(19(32)33)18(17)29-20(31)22(26,27)28/h2-4,9-10H,5-8,11H2,1H3,(H,32,33). The number of anilines is 1. The molecule has 6 nitrogen and oxygen atoms in total. The number of morpholine rings is 1. The fraction of sp³-hybridized carbons (Fsp3) is 0.364. The molecule has 3 aromatic rings. The average Bonchev–Trinajstić information content (AvgIpc) is 3.13. The van der Waals surface area contributed by atoms with Crippen molar-refractivity contribution in [3.8, 4) is 0 Å². The van der Waals surface area contributed by atoms with Gasteiger partial charge in [0.15, 0.2) is 0 Å². The summed E-state index contributed by atoms with van der Waals surface area (Å²) in [4.78, 5) is 17.2. The third kappa shape index (κ3) is 4.41. The Balaban J connectivity index is 1.95. The van der Waals surface area contributed by atoms with E-state index in [9.17, 15) is 36.2 Å². The van der Waals surface area contributed by atoms with E-state index in [4.69, 9.17) is 4.74 Å². The summed E-state index contributed by atoms with van der Waals surface area (Å²) in [6.07, 6.45) is -9.65.